The van der Waals surface area contributed by atoms with E-state index in [1.165, 1.54) is 0 Å². The van der Waals surface area contributed by atoms with Gasteiger partial charge in [0.1, 0.15) is 18.0 Å². The number of aliphatic hydroxyl groups is 1. The molecule has 2 unspecified atom stereocenters. The molecule has 1 aromatic rings. The summed E-state index contributed by atoms with van der Waals surface area (Å²) in [4.78, 5) is 8.63. The van der Waals surface area contributed by atoms with E-state index in [0.717, 1.165) is 36.6 Å². The van der Waals surface area contributed by atoms with E-state index in [-0.39, 0.29) is 12.1 Å². The number of rotatable bonds is 8. The van der Waals surface area contributed by atoms with Gasteiger partial charge in [-0.15, -0.1) is 0 Å². The van der Waals surface area contributed by atoms with Gasteiger partial charge >= 0.3 is 0 Å². The molecule has 2 atom stereocenters. The van der Waals surface area contributed by atoms with Gasteiger partial charge in [0.05, 0.1) is 6.10 Å². The first-order chi connectivity index (χ1) is 9.08. The first kappa shape index (κ1) is 15.7. The van der Waals surface area contributed by atoms with E-state index in [1.54, 1.807) is 13.3 Å². The summed E-state index contributed by atoms with van der Waals surface area (Å²) in [5, 5.41) is 16.1. The predicted octanol–water partition coefficient (Wildman–Crippen LogP) is 2.43. The Bertz CT molecular complexity index is 382. The Balaban J connectivity index is 2.81. The maximum Gasteiger partial charge on any atom is 0.134 e. The van der Waals surface area contributed by atoms with Crippen molar-refractivity contribution in [2.45, 2.75) is 59.1 Å². The lowest BCUT2D eigenvalue weighted by atomic mass is 10.1. The number of nitrogens with zero attached hydrogens (tertiary/aromatic N) is 2. The van der Waals surface area contributed by atoms with E-state index in [0.29, 0.717) is 6.42 Å². The summed E-state index contributed by atoms with van der Waals surface area (Å²) in [7, 11) is 0. The lowest BCUT2D eigenvalue weighted by Crippen LogP contribution is -2.22. The SMILES string of the molecule is CCCNc1ncnc(NC(C)CC(C)O)c1CC. The van der Waals surface area contributed by atoms with Crippen molar-refractivity contribution in [1.29, 1.82) is 0 Å². The molecule has 19 heavy (non-hydrogen) atoms. The van der Waals surface area contributed by atoms with Crippen LogP contribution in [0.1, 0.15) is 46.1 Å². The van der Waals surface area contributed by atoms with Crippen LogP contribution in [0.25, 0.3) is 0 Å². The monoisotopic (exact) mass is 266 g/mol. The van der Waals surface area contributed by atoms with Gasteiger partial charge in [0, 0.05) is 18.2 Å². The van der Waals surface area contributed by atoms with Gasteiger partial charge in [-0.25, -0.2) is 9.97 Å². The van der Waals surface area contributed by atoms with E-state index in [2.05, 4.69) is 34.4 Å². The zero-order valence-corrected chi connectivity index (χ0v) is 12.4. The van der Waals surface area contributed by atoms with Gasteiger partial charge in [0.25, 0.3) is 0 Å². The largest absolute Gasteiger partial charge is 0.393 e. The van der Waals surface area contributed by atoms with Crippen LogP contribution in [-0.4, -0.2) is 33.8 Å². The minimum atomic E-state index is -0.313. The van der Waals surface area contributed by atoms with E-state index in [9.17, 15) is 5.11 Å². The van der Waals surface area contributed by atoms with Gasteiger partial charge in [-0.05, 0) is 33.1 Å². The van der Waals surface area contributed by atoms with Crippen molar-refractivity contribution in [3.05, 3.63) is 11.9 Å². The molecule has 3 N–H and O–H groups in total. The molecule has 108 valence electrons. The molecule has 0 aliphatic carbocycles. The van der Waals surface area contributed by atoms with Crippen LogP contribution < -0.4 is 10.6 Å². The van der Waals surface area contributed by atoms with Gasteiger partial charge in [-0.2, -0.15) is 0 Å². The normalized spacial score (nSPS) is 13.9. The van der Waals surface area contributed by atoms with Crippen LogP contribution in [0.4, 0.5) is 11.6 Å². The van der Waals surface area contributed by atoms with Gasteiger partial charge in [0.2, 0.25) is 0 Å². The summed E-state index contributed by atoms with van der Waals surface area (Å²) in [5.41, 5.74) is 1.10. The van der Waals surface area contributed by atoms with Crippen LogP contribution in [-0.2, 0) is 6.42 Å². The van der Waals surface area contributed by atoms with Crippen LogP contribution in [0.2, 0.25) is 0 Å². The van der Waals surface area contributed by atoms with Crippen molar-refractivity contribution >= 4 is 11.6 Å². The maximum absolute atomic E-state index is 9.41. The molecular formula is C14H26N4O. The third-order valence-electron chi connectivity index (χ3n) is 2.92. The van der Waals surface area contributed by atoms with E-state index >= 15 is 0 Å². The fourth-order valence-corrected chi connectivity index (χ4v) is 2.07. The third-order valence-corrected chi connectivity index (χ3v) is 2.92. The van der Waals surface area contributed by atoms with Crippen molar-refractivity contribution < 1.29 is 5.11 Å². The highest BCUT2D eigenvalue weighted by atomic mass is 16.3. The van der Waals surface area contributed by atoms with E-state index in [1.807, 2.05) is 6.92 Å². The highest BCUT2D eigenvalue weighted by molar-refractivity contribution is 5.57. The second-order valence-corrected chi connectivity index (χ2v) is 4.96. The minimum absolute atomic E-state index is 0.180. The summed E-state index contributed by atoms with van der Waals surface area (Å²) >= 11 is 0. The Hall–Kier alpha value is -1.36. The molecule has 5 nitrogen and oxygen atoms in total. The molecule has 0 aromatic carbocycles. The van der Waals surface area contributed by atoms with Gasteiger partial charge < -0.3 is 15.7 Å². The van der Waals surface area contributed by atoms with Gasteiger partial charge in [-0.3, -0.25) is 0 Å². The van der Waals surface area contributed by atoms with E-state index in [4.69, 9.17) is 0 Å². The zero-order chi connectivity index (χ0) is 14.3. The molecule has 0 aliphatic rings. The second kappa shape index (κ2) is 7.94. The first-order valence-electron chi connectivity index (χ1n) is 7.10. The van der Waals surface area contributed by atoms with Crippen molar-refractivity contribution in [3.8, 4) is 0 Å². The fraction of sp³-hybridized carbons (Fsp3) is 0.714. The zero-order valence-electron chi connectivity index (χ0n) is 12.4. The number of aliphatic hydroxyl groups excluding tert-OH is 1. The average Bonchev–Trinajstić information content (AvgIpc) is 2.35. The number of anilines is 2. The van der Waals surface area contributed by atoms with Gasteiger partial charge in [-0.1, -0.05) is 13.8 Å². The molecule has 1 aromatic heterocycles. The number of nitrogens with one attached hydrogen (secondary N) is 2. The minimum Gasteiger partial charge on any atom is -0.393 e. The molecular weight excluding hydrogens is 240 g/mol. The Morgan fingerprint density at radius 1 is 1.21 bits per heavy atom. The third kappa shape index (κ3) is 5.03. The number of hydrogen-bond donors (Lipinski definition) is 3. The molecule has 0 fully saturated rings. The molecule has 1 rings (SSSR count). The van der Waals surface area contributed by atoms with Crippen LogP contribution in [0.3, 0.4) is 0 Å². The van der Waals surface area contributed by atoms with E-state index < -0.39 is 0 Å². The summed E-state index contributed by atoms with van der Waals surface area (Å²) in [6, 6.07) is 0.180. The topological polar surface area (TPSA) is 70.1 Å². The van der Waals surface area contributed by atoms with Crippen molar-refractivity contribution in [1.82, 2.24) is 9.97 Å². The lowest BCUT2D eigenvalue weighted by Gasteiger charge is -2.19. The number of hydrogen-bond acceptors (Lipinski definition) is 5. The molecule has 0 saturated carbocycles. The summed E-state index contributed by atoms with van der Waals surface area (Å²) in [6.45, 7) is 8.98. The molecule has 0 bridgehead atoms. The summed E-state index contributed by atoms with van der Waals surface area (Å²) in [6.07, 6.45) is 3.90. The highest BCUT2D eigenvalue weighted by Gasteiger charge is 2.12. The first-order valence-corrected chi connectivity index (χ1v) is 7.10. The molecule has 0 spiro atoms. The molecule has 0 saturated heterocycles. The van der Waals surface area contributed by atoms with Crippen LogP contribution in [0.5, 0.6) is 0 Å². The van der Waals surface area contributed by atoms with Crippen LogP contribution in [0, 0.1) is 0 Å². The second-order valence-electron chi connectivity index (χ2n) is 4.96. The van der Waals surface area contributed by atoms with Crippen molar-refractivity contribution in [2.24, 2.45) is 0 Å². The van der Waals surface area contributed by atoms with Crippen LogP contribution in [0.15, 0.2) is 6.33 Å². The smallest absolute Gasteiger partial charge is 0.134 e. The quantitative estimate of drug-likeness (QED) is 0.674. The molecule has 0 aliphatic heterocycles. The maximum atomic E-state index is 9.41. The molecule has 1 heterocycles. The molecule has 0 radical (unpaired) electrons. The highest BCUT2D eigenvalue weighted by Crippen LogP contribution is 2.21. The average molecular weight is 266 g/mol. The Morgan fingerprint density at radius 2 is 1.89 bits per heavy atom. The predicted molar refractivity (Wildman–Crippen MR) is 79.6 cm³/mol. The number of aromatic nitrogens is 2. The van der Waals surface area contributed by atoms with Crippen molar-refractivity contribution in [2.75, 3.05) is 17.2 Å². The van der Waals surface area contributed by atoms with Crippen molar-refractivity contribution in [3.63, 3.8) is 0 Å². The fourth-order valence-electron chi connectivity index (χ4n) is 2.07. The summed E-state index contributed by atoms with van der Waals surface area (Å²) < 4.78 is 0. The summed E-state index contributed by atoms with van der Waals surface area (Å²) in [5.74, 6) is 1.77. The molecule has 0 amide bonds. The Kier molecular flexibility index (Phi) is 6.56. The Labute approximate surface area is 115 Å². The lowest BCUT2D eigenvalue weighted by molar-refractivity contribution is 0.179. The van der Waals surface area contributed by atoms with Gasteiger partial charge in [0.15, 0.2) is 0 Å². The van der Waals surface area contributed by atoms with Crippen LogP contribution >= 0.6 is 0 Å². The Morgan fingerprint density at radius 3 is 2.47 bits per heavy atom. The molecule has 5 heteroatoms. The standard InChI is InChI=1S/C14H26N4O/c1-5-7-15-13-12(6-2)14(17-9-16-13)18-10(3)8-11(4)19/h9-11,19H,5-8H2,1-4H3,(H2,15,16,17,18).